The normalized spacial score (nSPS) is 16.3. The van der Waals surface area contributed by atoms with Crippen LogP contribution >= 0.6 is 0 Å². The number of para-hydroxylation sites is 1. The molecule has 1 aliphatic heterocycles. The predicted molar refractivity (Wildman–Crippen MR) is 118 cm³/mol. The maximum absolute atomic E-state index is 13.0. The molecule has 2 heterocycles. The Kier molecular flexibility index (Phi) is 5.65. The van der Waals surface area contributed by atoms with Crippen molar-refractivity contribution in [1.29, 1.82) is 0 Å². The van der Waals surface area contributed by atoms with Crippen molar-refractivity contribution in [3.63, 3.8) is 0 Å². The Labute approximate surface area is 181 Å². The van der Waals surface area contributed by atoms with Crippen molar-refractivity contribution in [3.05, 3.63) is 83.8 Å². The molecular weight excluding hydrogens is 414 g/mol. The fraction of sp³-hybridized carbons (Fsp3) is 0.217. The zero-order valence-electron chi connectivity index (χ0n) is 17.3. The number of anilines is 1. The van der Waals surface area contributed by atoms with Crippen LogP contribution in [-0.2, 0) is 14.8 Å². The third-order valence-corrected chi connectivity index (χ3v) is 6.55. The zero-order valence-corrected chi connectivity index (χ0v) is 18.1. The van der Waals surface area contributed by atoms with Gasteiger partial charge in [-0.15, -0.1) is 0 Å². The number of nitrogens with zero attached hydrogens (tertiary/aromatic N) is 2. The number of sulfonamides is 1. The number of nitrogens with one attached hydrogen (secondary N) is 1. The Bertz CT molecular complexity index is 1220. The lowest BCUT2D eigenvalue weighted by molar-refractivity contribution is -0.132. The largest absolute Gasteiger partial charge is 0.463 e. The van der Waals surface area contributed by atoms with E-state index >= 15 is 0 Å². The molecular formula is C23H23N3O4S. The summed E-state index contributed by atoms with van der Waals surface area (Å²) < 4.78 is 34.1. The minimum Gasteiger partial charge on any atom is -0.463 e. The van der Waals surface area contributed by atoms with E-state index in [4.69, 9.17) is 4.42 Å². The van der Waals surface area contributed by atoms with Gasteiger partial charge in [0.05, 0.1) is 22.9 Å². The van der Waals surface area contributed by atoms with Crippen LogP contribution < -0.4 is 4.72 Å². The van der Waals surface area contributed by atoms with Gasteiger partial charge in [-0.1, -0.05) is 42.8 Å². The summed E-state index contributed by atoms with van der Waals surface area (Å²) in [6.45, 7) is 3.67. The average Bonchev–Trinajstić information content (AvgIpc) is 3.44. The van der Waals surface area contributed by atoms with Gasteiger partial charge in [0.15, 0.2) is 0 Å². The average molecular weight is 438 g/mol. The summed E-state index contributed by atoms with van der Waals surface area (Å²) in [7, 11) is -3.79. The molecule has 1 N–H and O–H groups in total. The lowest BCUT2D eigenvalue weighted by Crippen LogP contribution is -2.27. The van der Waals surface area contributed by atoms with Gasteiger partial charge in [0.2, 0.25) is 5.91 Å². The molecule has 160 valence electrons. The Morgan fingerprint density at radius 1 is 1.13 bits per heavy atom. The van der Waals surface area contributed by atoms with Crippen molar-refractivity contribution in [2.75, 3.05) is 4.72 Å². The van der Waals surface area contributed by atoms with Crippen molar-refractivity contribution in [1.82, 2.24) is 5.01 Å². The Morgan fingerprint density at radius 3 is 2.55 bits per heavy atom. The van der Waals surface area contributed by atoms with E-state index in [9.17, 15) is 13.2 Å². The van der Waals surface area contributed by atoms with Gasteiger partial charge in [0.1, 0.15) is 11.5 Å². The number of amides is 1. The van der Waals surface area contributed by atoms with Gasteiger partial charge in [-0.2, -0.15) is 5.10 Å². The maximum Gasteiger partial charge on any atom is 0.261 e. The van der Waals surface area contributed by atoms with Gasteiger partial charge in [-0.3, -0.25) is 9.52 Å². The van der Waals surface area contributed by atoms with Gasteiger partial charge < -0.3 is 4.42 Å². The molecule has 8 heteroatoms. The fourth-order valence-corrected chi connectivity index (χ4v) is 4.63. The monoisotopic (exact) mass is 437 g/mol. The molecule has 3 aromatic rings. The first-order valence-corrected chi connectivity index (χ1v) is 11.5. The molecule has 1 aromatic heterocycles. The van der Waals surface area contributed by atoms with E-state index in [1.165, 1.54) is 5.01 Å². The number of furan rings is 1. The van der Waals surface area contributed by atoms with Gasteiger partial charge in [0.25, 0.3) is 10.0 Å². The molecule has 2 aromatic carbocycles. The van der Waals surface area contributed by atoms with Crippen LogP contribution in [-0.4, -0.2) is 25.0 Å². The lowest BCUT2D eigenvalue weighted by Gasteiger charge is -2.24. The molecule has 7 nitrogen and oxygen atoms in total. The quantitative estimate of drug-likeness (QED) is 0.616. The summed E-state index contributed by atoms with van der Waals surface area (Å²) in [6.07, 6.45) is 2.26. The van der Waals surface area contributed by atoms with Crippen LogP contribution in [0.4, 0.5) is 5.69 Å². The Balaban J connectivity index is 1.69. The number of carbonyl (C=O) groups excluding carboxylic acids is 1. The minimum absolute atomic E-state index is 0.150. The fourth-order valence-electron chi connectivity index (χ4n) is 3.54. The number of carbonyl (C=O) groups is 1. The van der Waals surface area contributed by atoms with Crippen molar-refractivity contribution in [2.45, 2.75) is 37.6 Å². The first-order valence-electron chi connectivity index (χ1n) is 10.0. The van der Waals surface area contributed by atoms with Crippen molar-refractivity contribution in [2.24, 2.45) is 5.10 Å². The number of hydrogen-bond donors (Lipinski definition) is 1. The second-order valence-electron chi connectivity index (χ2n) is 7.34. The Morgan fingerprint density at radius 2 is 1.87 bits per heavy atom. The molecule has 0 unspecified atom stereocenters. The highest BCUT2D eigenvalue weighted by Crippen LogP contribution is 2.37. The van der Waals surface area contributed by atoms with Gasteiger partial charge in [-0.05, 0) is 37.3 Å². The molecule has 0 saturated heterocycles. The Hall–Kier alpha value is -3.39. The summed E-state index contributed by atoms with van der Waals surface area (Å²) in [6, 6.07) is 16.8. The molecule has 1 aliphatic rings. The molecule has 0 bridgehead atoms. The highest BCUT2D eigenvalue weighted by molar-refractivity contribution is 7.92. The number of rotatable bonds is 6. The molecule has 0 radical (unpaired) electrons. The van der Waals surface area contributed by atoms with Crippen LogP contribution in [0.5, 0.6) is 0 Å². The zero-order chi connectivity index (χ0) is 22.0. The molecule has 1 atom stereocenters. The van der Waals surface area contributed by atoms with Crippen molar-refractivity contribution >= 4 is 27.3 Å². The smallest absolute Gasteiger partial charge is 0.261 e. The SMILES string of the molecule is CCC(=O)N1N=C(c2ccco2)C[C@H]1c1ccccc1NS(=O)(=O)c1ccc(C)cc1. The van der Waals surface area contributed by atoms with Crippen molar-refractivity contribution < 1.29 is 17.6 Å². The number of hydrogen-bond acceptors (Lipinski definition) is 5. The van der Waals surface area contributed by atoms with E-state index in [2.05, 4.69) is 9.82 Å². The van der Waals surface area contributed by atoms with E-state index < -0.39 is 16.1 Å². The van der Waals surface area contributed by atoms with E-state index in [1.54, 1.807) is 61.7 Å². The van der Waals surface area contributed by atoms with Crippen LogP contribution in [0.2, 0.25) is 0 Å². The summed E-state index contributed by atoms with van der Waals surface area (Å²) in [5.41, 5.74) is 2.71. The van der Waals surface area contributed by atoms with E-state index in [0.29, 0.717) is 29.1 Å². The van der Waals surface area contributed by atoms with Crippen molar-refractivity contribution in [3.8, 4) is 0 Å². The van der Waals surface area contributed by atoms with Crippen LogP contribution in [0.15, 0.2) is 81.3 Å². The first kappa shape index (κ1) is 20.9. The minimum atomic E-state index is -3.79. The molecule has 0 aliphatic carbocycles. The molecule has 1 amide bonds. The number of benzene rings is 2. The molecule has 0 fully saturated rings. The van der Waals surface area contributed by atoms with Crippen LogP contribution in [0.1, 0.15) is 42.7 Å². The lowest BCUT2D eigenvalue weighted by atomic mass is 9.99. The molecule has 0 spiro atoms. The highest BCUT2D eigenvalue weighted by atomic mass is 32.2. The molecule has 31 heavy (non-hydrogen) atoms. The third kappa shape index (κ3) is 4.25. The second kappa shape index (κ2) is 8.39. The van der Waals surface area contributed by atoms with Gasteiger partial charge in [0, 0.05) is 18.4 Å². The second-order valence-corrected chi connectivity index (χ2v) is 9.02. The summed E-state index contributed by atoms with van der Waals surface area (Å²) in [4.78, 5) is 12.8. The highest BCUT2D eigenvalue weighted by Gasteiger charge is 2.35. The molecule has 4 rings (SSSR count). The topological polar surface area (TPSA) is 92.0 Å². The standard InChI is InChI=1S/C23H23N3O4S/c1-3-23(27)26-21(15-20(24-26)22-9-6-14-30-22)18-7-4-5-8-19(18)25-31(28,29)17-12-10-16(2)11-13-17/h4-14,21,25H,3,15H2,1-2H3/t21-/m0/s1. The van der Waals surface area contributed by atoms with Gasteiger partial charge in [-0.25, -0.2) is 13.4 Å². The van der Waals surface area contributed by atoms with Crippen LogP contribution in [0.25, 0.3) is 0 Å². The third-order valence-electron chi connectivity index (χ3n) is 5.17. The van der Waals surface area contributed by atoms with Crippen LogP contribution in [0.3, 0.4) is 0 Å². The van der Waals surface area contributed by atoms with E-state index in [-0.39, 0.29) is 17.2 Å². The number of hydrazone groups is 1. The predicted octanol–water partition coefficient (Wildman–Crippen LogP) is 4.48. The van der Waals surface area contributed by atoms with E-state index in [1.807, 2.05) is 19.1 Å². The summed E-state index contributed by atoms with van der Waals surface area (Å²) >= 11 is 0. The number of aryl methyl sites for hydroxylation is 1. The summed E-state index contributed by atoms with van der Waals surface area (Å²) in [5, 5.41) is 5.92. The summed E-state index contributed by atoms with van der Waals surface area (Å²) in [5.74, 6) is 0.442. The van der Waals surface area contributed by atoms with Gasteiger partial charge >= 0.3 is 0 Å². The first-order chi connectivity index (χ1) is 14.9. The van der Waals surface area contributed by atoms with E-state index in [0.717, 1.165) is 5.56 Å². The van der Waals surface area contributed by atoms with Crippen LogP contribution in [0, 0.1) is 6.92 Å². The molecule has 0 saturated carbocycles. The maximum atomic E-state index is 13.0.